The Labute approximate surface area is 293 Å². The quantitative estimate of drug-likeness (QED) is 0.0225. The first-order chi connectivity index (χ1) is 23.1. The van der Waals surface area contributed by atoms with Gasteiger partial charge in [-0.3, -0.25) is 9.59 Å². The Hall–Kier alpha value is -2.23. The molecule has 9 nitrogen and oxygen atoms in total. The Kier molecular flexibility index (Phi) is 30.5. The molecule has 0 N–H and O–H groups in total. The number of ether oxygens (including phenoxy) is 4. The number of likely N-dealkylation sites (N-methyl/N-ethyl adjacent to an activating group) is 1. The average molecular weight is 682 g/mol. The van der Waals surface area contributed by atoms with Gasteiger partial charge in [0.15, 0.2) is 12.4 Å². The van der Waals surface area contributed by atoms with Gasteiger partial charge in [0.1, 0.15) is 13.2 Å². The van der Waals surface area contributed by atoms with Crippen molar-refractivity contribution in [3.8, 4) is 0 Å². The highest BCUT2D eigenvalue weighted by atomic mass is 16.7. The van der Waals surface area contributed by atoms with E-state index in [1.807, 2.05) is 21.1 Å². The number of allylic oxidation sites excluding steroid dienone is 4. The fourth-order valence-electron chi connectivity index (χ4n) is 4.92. The number of rotatable bonds is 34. The molecule has 0 saturated heterocycles. The molecule has 9 heteroatoms. The molecular formula is C39H71NO8. The van der Waals surface area contributed by atoms with Crippen molar-refractivity contribution in [2.75, 3.05) is 47.5 Å². The lowest BCUT2D eigenvalue weighted by Crippen LogP contribution is -2.44. The third-order valence-electron chi connectivity index (χ3n) is 7.95. The van der Waals surface area contributed by atoms with Crippen molar-refractivity contribution in [2.24, 2.45) is 0 Å². The van der Waals surface area contributed by atoms with Crippen molar-refractivity contribution >= 4 is 17.9 Å². The molecule has 0 amide bonds. The van der Waals surface area contributed by atoms with Crippen molar-refractivity contribution in [2.45, 2.75) is 161 Å². The van der Waals surface area contributed by atoms with E-state index in [1.165, 1.54) is 51.4 Å². The molecule has 0 aromatic carbocycles. The first kappa shape index (κ1) is 45.8. The molecule has 0 bridgehead atoms. The molecule has 0 aliphatic heterocycles. The molecule has 2 unspecified atom stereocenters. The molecule has 0 fully saturated rings. The lowest BCUT2D eigenvalue weighted by Gasteiger charge is -2.26. The van der Waals surface area contributed by atoms with E-state index in [9.17, 15) is 19.5 Å². The Morgan fingerprint density at radius 1 is 0.625 bits per heavy atom. The van der Waals surface area contributed by atoms with Crippen LogP contribution in [-0.4, -0.2) is 82.3 Å². The molecule has 0 aliphatic carbocycles. The zero-order chi connectivity index (χ0) is 35.7. The van der Waals surface area contributed by atoms with E-state index < -0.39 is 24.3 Å². The molecule has 0 heterocycles. The molecule has 0 aromatic rings. The van der Waals surface area contributed by atoms with Crippen LogP contribution in [0.15, 0.2) is 24.3 Å². The van der Waals surface area contributed by atoms with Gasteiger partial charge in [0, 0.05) is 12.8 Å². The number of quaternary nitrogens is 1. The average Bonchev–Trinajstić information content (AvgIpc) is 3.03. The highest BCUT2D eigenvalue weighted by molar-refractivity contribution is 5.70. The van der Waals surface area contributed by atoms with E-state index in [0.717, 1.165) is 64.2 Å². The van der Waals surface area contributed by atoms with Gasteiger partial charge in [0.25, 0.3) is 0 Å². The lowest BCUT2D eigenvalue weighted by molar-refractivity contribution is -0.870. The van der Waals surface area contributed by atoms with Crippen molar-refractivity contribution in [1.82, 2.24) is 0 Å². The summed E-state index contributed by atoms with van der Waals surface area (Å²) < 4.78 is 22.3. The predicted octanol–water partition coefficient (Wildman–Crippen LogP) is 7.60. The first-order valence-electron chi connectivity index (χ1n) is 19.0. The zero-order valence-electron chi connectivity index (χ0n) is 31.4. The Morgan fingerprint density at radius 2 is 1.12 bits per heavy atom. The number of hydrogen-bond donors (Lipinski definition) is 0. The fourth-order valence-corrected chi connectivity index (χ4v) is 4.92. The third-order valence-corrected chi connectivity index (χ3v) is 7.95. The number of nitrogens with zero attached hydrogens (tertiary/aromatic N) is 1. The van der Waals surface area contributed by atoms with Gasteiger partial charge in [-0.25, -0.2) is 0 Å². The lowest BCUT2D eigenvalue weighted by atomic mass is 10.1. The van der Waals surface area contributed by atoms with Crippen LogP contribution in [0.3, 0.4) is 0 Å². The number of unbranched alkanes of at least 4 members (excludes halogenated alkanes) is 15. The minimum atomic E-state index is -1.62. The number of hydrogen-bond acceptors (Lipinski definition) is 8. The second kappa shape index (κ2) is 32.0. The maximum atomic E-state index is 12.6. The summed E-state index contributed by atoms with van der Waals surface area (Å²) >= 11 is 0. The molecule has 0 saturated carbocycles. The van der Waals surface area contributed by atoms with Crippen LogP contribution < -0.4 is 5.11 Å². The molecule has 2 atom stereocenters. The number of esters is 2. The minimum Gasteiger partial charge on any atom is -0.545 e. The summed E-state index contributed by atoms with van der Waals surface area (Å²) in [5.74, 6) is -2.31. The largest absolute Gasteiger partial charge is 0.545 e. The highest BCUT2D eigenvalue weighted by Crippen LogP contribution is 2.12. The molecule has 0 aliphatic rings. The normalized spacial score (nSPS) is 13.3. The highest BCUT2D eigenvalue weighted by Gasteiger charge is 2.21. The topological polar surface area (TPSA) is 111 Å². The SMILES string of the molecule is CCCCCC/C=C\C/C=C\CCCCCCCCCC(=O)OC(COC(=O)CCCCCCC)COC(OCC[N+](C)(C)C)C(=O)[O-]. The zero-order valence-corrected chi connectivity index (χ0v) is 31.4. The summed E-state index contributed by atoms with van der Waals surface area (Å²) in [5.41, 5.74) is 0. The smallest absolute Gasteiger partial charge is 0.306 e. The molecule has 0 spiro atoms. The van der Waals surface area contributed by atoms with Gasteiger partial charge in [-0.2, -0.15) is 0 Å². The Morgan fingerprint density at radius 3 is 1.67 bits per heavy atom. The number of carbonyl (C=O) groups is 3. The van der Waals surface area contributed by atoms with Crippen LogP contribution in [0.4, 0.5) is 0 Å². The summed E-state index contributed by atoms with van der Waals surface area (Å²) in [6, 6.07) is 0. The van der Waals surface area contributed by atoms with E-state index in [4.69, 9.17) is 18.9 Å². The maximum Gasteiger partial charge on any atom is 0.306 e. The third kappa shape index (κ3) is 32.3. The first-order valence-corrected chi connectivity index (χ1v) is 19.0. The van der Waals surface area contributed by atoms with Gasteiger partial charge in [-0.15, -0.1) is 0 Å². The van der Waals surface area contributed by atoms with Crippen LogP contribution in [0.2, 0.25) is 0 Å². The molecule has 280 valence electrons. The van der Waals surface area contributed by atoms with E-state index in [0.29, 0.717) is 17.4 Å². The fraction of sp³-hybridized carbons (Fsp3) is 0.821. The van der Waals surface area contributed by atoms with Crippen LogP contribution in [-0.2, 0) is 33.3 Å². The monoisotopic (exact) mass is 682 g/mol. The van der Waals surface area contributed by atoms with Gasteiger partial charge in [0.2, 0.25) is 0 Å². The number of aliphatic carboxylic acids is 1. The van der Waals surface area contributed by atoms with Crippen molar-refractivity contribution in [1.29, 1.82) is 0 Å². The Balaban J connectivity index is 4.39. The van der Waals surface area contributed by atoms with Crippen LogP contribution >= 0.6 is 0 Å². The number of carboxylic acid groups (broad SMARTS) is 1. The van der Waals surface area contributed by atoms with Crippen LogP contribution in [0.5, 0.6) is 0 Å². The minimum absolute atomic E-state index is 0.147. The van der Waals surface area contributed by atoms with Gasteiger partial charge in [-0.1, -0.05) is 115 Å². The van der Waals surface area contributed by atoms with Gasteiger partial charge < -0.3 is 33.3 Å². The second-order valence-corrected chi connectivity index (χ2v) is 13.9. The second-order valence-electron chi connectivity index (χ2n) is 13.9. The molecular weight excluding hydrogens is 610 g/mol. The molecule has 0 aromatic heterocycles. The van der Waals surface area contributed by atoms with E-state index in [2.05, 4.69) is 38.2 Å². The van der Waals surface area contributed by atoms with Gasteiger partial charge in [-0.05, 0) is 44.9 Å². The maximum absolute atomic E-state index is 12.6. The summed E-state index contributed by atoms with van der Waals surface area (Å²) in [4.78, 5) is 36.4. The number of carbonyl (C=O) groups excluding carboxylic acids is 3. The summed E-state index contributed by atoms with van der Waals surface area (Å²) in [7, 11) is 5.88. The Bertz CT molecular complexity index is 851. The van der Waals surface area contributed by atoms with Gasteiger partial charge >= 0.3 is 11.9 Å². The van der Waals surface area contributed by atoms with E-state index in [1.54, 1.807) is 0 Å². The van der Waals surface area contributed by atoms with Crippen LogP contribution in [0, 0.1) is 0 Å². The molecule has 0 rings (SSSR count). The van der Waals surface area contributed by atoms with Crippen molar-refractivity contribution in [3.05, 3.63) is 24.3 Å². The summed E-state index contributed by atoms with van der Waals surface area (Å²) in [6.45, 7) is 4.60. The van der Waals surface area contributed by atoms with Crippen LogP contribution in [0.25, 0.3) is 0 Å². The van der Waals surface area contributed by atoms with Crippen molar-refractivity contribution in [3.63, 3.8) is 0 Å². The molecule has 48 heavy (non-hydrogen) atoms. The summed E-state index contributed by atoms with van der Waals surface area (Å²) in [5, 5.41) is 11.6. The van der Waals surface area contributed by atoms with Gasteiger partial charge in [0.05, 0.1) is 40.3 Å². The summed E-state index contributed by atoms with van der Waals surface area (Å²) in [6.07, 6.45) is 28.2. The molecule has 0 radical (unpaired) electrons. The number of carboxylic acids is 1. The van der Waals surface area contributed by atoms with Crippen LogP contribution in [0.1, 0.15) is 149 Å². The standard InChI is InChI=1S/C39H71NO8/c1-6-8-10-12-13-14-15-16-17-18-19-20-21-22-23-24-26-28-30-37(42)48-35(33-46-36(41)29-27-25-11-9-7-2)34-47-39(38(43)44)45-32-31-40(3,4)5/h14-15,17-18,35,39H,6-13,16,19-34H2,1-5H3/b15-14-,18-17-. The van der Waals surface area contributed by atoms with E-state index in [-0.39, 0.29) is 38.6 Å². The predicted molar refractivity (Wildman–Crippen MR) is 191 cm³/mol. The van der Waals surface area contributed by atoms with Crippen molar-refractivity contribution < 1.29 is 42.9 Å². The van der Waals surface area contributed by atoms with E-state index >= 15 is 0 Å².